The van der Waals surface area contributed by atoms with Gasteiger partial charge in [0.25, 0.3) is 5.91 Å². The Morgan fingerprint density at radius 1 is 1.19 bits per heavy atom. The third-order valence-electron chi connectivity index (χ3n) is 4.25. The molecule has 0 aliphatic rings. The van der Waals surface area contributed by atoms with Crippen LogP contribution < -0.4 is 10.0 Å². The number of anilines is 1. The molecular formula is C20H19F2N3O4S2. The first-order chi connectivity index (χ1) is 14.6. The standard InChI is InChI=1S/C20H19F2N3O4S2/c1-11(13-8-15(21)18(16(22)9-13)25-31(3,27)28)23-19(26)17-10-29-20(24-17)12-5-4-6-14(7-12)30-2/h4-11,25H,1-3H3,(H,23,26)/t11-/m1/s1. The minimum atomic E-state index is -3.86. The molecule has 2 N–H and O–H groups in total. The van der Waals surface area contributed by atoms with Crippen molar-refractivity contribution in [2.45, 2.75) is 17.9 Å². The molecule has 2 aromatic carbocycles. The number of carbonyl (C=O) groups excluding carboxylic acids is 1. The third-order valence-corrected chi connectivity index (χ3v) is 5.55. The van der Waals surface area contributed by atoms with Gasteiger partial charge in [-0.1, -0.05) is 6.07 Å². The Balaban J connectivity index is 1.76. The van der Waals surface area contributed by atoms with Crippen LogP contribution >= 0.6 is 11.8 Å². The fraction of sp³-hybridized carbons (Fsp3) is 0.200. The molecule has 1 atom stereocenters. The van der Waals surface area contributed by atoms with E-state index in [4.69, 9.17) is 4.42 Å². The van der Waals surface area contributed by atoms with E-state index in [2.05, 4.69) is 10.3 Å². The molecule has 31 heavy (non-hydrogen) atoms. The highest BCUT2D eigenvalue weighted by Gasteiger charge is 2.20. The average molecular weight is 468 g/mol. The number of hydrogen-bond donors (Lipinski definition) is 2. The van der Waals surface area contributed by atoms with Crippen molar-refractivity contribution in [3.05, 3.63) is 65.6 Å². The van der Waals surface area contributed by atoms with Crippen molar-refractivity contribution < 1.29 is 26.4 Å². The summed E-state index contributed by atoms with van der Waals surface area (Å²) in [4.78, 5) is 17.7. The van der Waals surface area contributed by atoms with E-state index in [-0.39, 0.29) is 17.1 Å². The number of sulfonamides is 1. The zero-order chi connectivity index (χ0) is 22.8. The van der Waals surface area contributed by atoms with Crippen LogP contribution in [0.15, 0.2) is 52.0 Å². The fourth-order valence-electron chi connectivity index (χ4n) is 2.75. The maximum atomic E-state index is 14.2. The maximum Gasteiger partial charge on any atom is 0.273 e. The van der Waals surface area contributed by atoms with Crippen molar-refractivity contribution in [2.75, 3.05) is 17.2 Å². The molecule has 164 valence electrons. The molecule has 11 heteroatoms. The second-order valence-electron chi connectivity index (χ2n) is 6.70. The van der Waals surface area contributed by atoms with Crippen molar-refractivity contribution in [3.8, 4) is 11.5 Å². The van der Waals surface area contributed by atoms with Crippen LogP contribution in [0.5, 0.6) is 0 Å². The number of oxazole rings is 1. The highest BCUT2D eigenvalue weighted by atomic mass is 32.2. The number of thioether (sulfide) groups is 1. The summed E-state index contributed by atoms with van der Waals surface area (Å²) in [5.74, 6) is -2.53. The zero-order valence-corrected chi connectivity index (χ0v) is 18.4. The second-order valence-corrected chi connectivity index (χ2v) is 9.33. The molecule has 0 fully saturated rings. The van der Waals surface area contributed by atoms with Crippen LogP contribution in [-0.4, -0.2) is 31.8 Å². The van der Waals surface area contributed by atoms with E-state index < -0.39 is 39.3 Å². The van der Waals surface area contributed by atoms with Crippen molar-refractivity contribution in [1.82, 2.24) is 10.3 Å². The minimum Gasteiger partial charge on any atom is -0.444 e. The molecule has 1 aromatic heterocycles. The third kappa shape index (κ3) is 5.61. The lowest BCUT2D eigenvalue weighted by Crippen LogP contribution is -2.27. The topological polar surface area (TPSA) is 101 Å². The number of benzene rings is 2. The number of carbonyl (C=O) groups is 1. The summed E-state index contributed by atoms with van der Waals surface area (Å²) in [7, 11) is -3.86. The molecule has 0 bridgehead atoms. The SMILES string of the molecule is CSc1cccc(-c2nc(C(=O)N[C@H](C)c3cc(F)c(NS(C)(=O)=O)c(F)c3)co2)c1. The van der Waals surface area contributed by atoms with Crippen LogP contribution in [0.3, 0.4) is 0 Å². The number of rotatable bonds is 7. The fourth-order valence-corrected chi connectivity index (χ4v) is 3.77. The molecule has 1 heterocycles. The van der Waals surface area contributed by atoms with Gasteiger partial charge in [-0.3, -0.25) is 9.52 Å². The minimum absolute atomic E-state index is 0.00714. The van der Waals surface area contributed by atoms with Crippen LogP contribution in [0.4, 0.5) is 14.5 Å². The van der Waals surface area contributed by atoms with Gasteiger partial charge in [-0.2, -0.15) is 0 Å². The molecule has 1 amide bonds. The molecule has 0 unspecified atom stereocenters. The summed E-state index contributed by atoms with van der Waals surface area (Å²) in [6.45, 7) is 1.53. The molecule has 3 aromatic rings. The first kappa shape index (κ1) is 22.8. The molecule has 3 rings (SSSR count). The lowest BCUT2D eigenvalue weighted by Gasteiger charge is -2.15. The summed E-state index contributed by atoms with van der Waals surface area (Å²) in [5, 5.41) is 2.58. The Kier molecular flexibility index (Phi) is 6.65. The number of hydrogen-bond acceptors (Lipinski definition) is 6. The number of aromatic nitrogens is 1. The van der Waals surface area contributed by atoms with Gasteiger partial charge in [0.2, 0.25) is 15.9 Å². The summed E-state index contributed by atoms with van der Waals surface area (Å²) >= 11 is 1.56. The predicted octanol–water partition coefficient (Wildman–Crippen LogP) is 4.20. The predicted molar refractivity (Wildman–Crippen MR) is 114 cm³/mol. The quantitative estimate of drug-likeness (QED) is 0.505. The number of halogens is 2. The first-order valence-corrected chi connectivity index (χ1v) is 12.1. The molecule has 0 aliphatic heterocycles. The number of nitrogens with one attached hydrogen (secondary N) is 2. The summed E-state index contributed by atoms with van der Waals surface area (Å²) in [6.07, 6.45) is 3.92. The number of amides is 1. The van der Waals surface area contributed by atoms with Crippen molar-refractivity contribution in [3.63, 3.8) is 0 Å². The largest absolute Gasteiger partial charge is 0.444 e. The molecule has 7 nitrogen and oxygen atoms in total. The average Bonchev–Trinajstić information content (AvgIpc) is 3.20. The Morgan fingerprint density at radius 2 is 1.87 bits per heavy atom. The molecule has 0 aliphatic carbocycles. The Morgan fingerprint density at radius 3 is 2.48 bits per heavy atom. The monoisotopic (exact) mass is 467 g/mol. The number of nitrogens with zero attached hydrogens (tertiary/aromatic N) is 1. The lowest BCUT2D eigenvalue weighted by atomic mass is 10.1. The van der Waals surface area contributed by atoms with E-state index in [1.54, 1.807) is 22.6 Å². The molecule has 0 saturated carbocycles. The van der Waals surface area contributed by atoms with Crippen LogP contribution in [0.25, 0.3) is 11.5 Å². The van der Waals surface area contributed by atoms with E-state index in [0.29, 0.717) is 5.56 Å². The normalized spacial score (nSPS) is 12.4. The van der Waals surface area contributed by atoms with Gasteiger partial charge >= 0.3 is 0 Å². The summed E-state index contributed by atoms with van der Waals surface area (Å²) < 4.78 is 58.1. The Bertz CT molecular complexity index is 1210. The zero-order valence-electron chi connectivity index (χ0n) is 16.8. The van der Waals surface area contributed by atoms with Gasteiger partial charge in [0.15, 0.2) is 17.3 Å². The van der Waals surface area contributed by atoms with Gasteiger partial charge in [-0.05, 0) is 49.1 Å². The summed E-state index contributed by atoms with van der Waals surface area (Å²) in [6, 6.07) is 8.56. The summed E-state index contributed by atoms with van der Waals surface area (Å²) in [5.41, 5.74) is 0.0435. The maximum absolute atomic E-state index is 14.2. The van der Waals surface area contributed by atoms with Crippen LogP contribution in [-0.2, 0) is 10.0 Å². The van der Waals surface area contributed by atoms with Crippen LogP contribution in [0.2, 0.25) is 0 Å². The molecule has 0 spiro atoms. The second kappa shape index (κ2) is 9.06. The van der Waals surface area contributed by atoms with Crippen LogP contribution in [0, 0.1) is 11.6 Å². The van der Waals surface area contributed by atoms with Gasteiger partial charge < -0.3 is 9.73 Å². The van der Waals surface area contributed by atoms with E-state index in [0.717, 1.165) is 23.3 Å². The van der Waals surface area contributed by atoms with Crippen molar-refractivity contribution >= 4 is 33.4 Å². The highest BCUT2D eigenvalue weighted by molar-refractivity contribution is 7.98. The van der Waals surface area contributed by atoms with Gasteiger partial charge in [0.05, 0.1) is 12.3 Å². The van der Waals surface area contributed by atoms with E-state index >= 15 is 0 Å². The Labute approximate surface area is 182 Å². The Hall–Kier alpha value is -2.92. The molecular weight excluding hydrogens is 448 g/mol. The van der Waals surface area contributed by atoms with Crippen molar-refractivity contribution in [2.24, 2.45) is 0 Å². The van der Waals surface area contributed by atoms with Crippen LogP contribution in [0.1, 0.15) is 29.0 Å². The van der Waals surface area contributed by atoms with Gasteiger partial charge in [-0.15, -0.1) is 11.8 Å². The lowest BCUT2D eigenvalue weighted by molar-refractivity contribution is 0.0934. The molecule has 0 radical (unpaired) electrons. The van der Waals surface area contributed by atoms with Gasteiger partial charge in [0.1, 0.15) is 12.0 Å². The highest BCUT2D eigenvalue weighted by Crippen LogP contribution is 2.26. The first-order valence-electron chi connectivity index (χ1n) is 8.95. The van der Waals surface area contributed by atoms with E-state index in [1.165, 1.54) is 13.2 Å². The molecule has 0 saturated heterocycles. The van der Waals surface area contributed by atoms with E-state index in [9.17, 15) is 22.0 Å². The van der Waals surface area contributed by atoms with E-state index in [1.807, 2.05) is 24.5 Å². The smallest absolute Gasteiger partial charge is 0.273 e. The van der Waals surface area contributed by atoms with Crippen molar-refractivity contribution in [1.29, 1.82) is 0 Å². The van der Waals surface area contributed by atoms with Gasteiger partial charge in [-0.25, -0.2) is 22.2 Å². The van der Waals surface area contributed by atoms with Gasteiger partial charge in [0, 0.05) is 10.5 Å².